The first-order valence-electron chi connectivity index (χ1n) is 8.47. The summed E-state index contributed by atoms with van der Waals surface area (Å²) in [5, 5.41) is 0.613. The molecule has 0 radical (unpaired) electrons. The summed E-state index contributed by atoms with van der Waals surface area (Å²) in [5.41, 5.74) is 8.38. The fraction of sp³-hybridized carbons (Fsp3) is 0.300. The number of rotatable bonds is 2. The zero-order chi connectivity index (χ0) is 17.4. The Bertz CT molecular complexity index is 837. The third kappa shape index (κ3) is 2.75. The van der Waals surface area contributed by atoms with E-state index in [4.69, 9.17) is 27.1 Å². The summed E-state index contributed by atoms with van der Waals surface area (Å²) < 4.78 is 5.72. The first kappa shape index (κ1) is 16.3. The summed E-state index contributed by atoms with van der Waals surface area (Å²) in [6.07, 6.45) is 1.96. The van der Waals surface area contributed by atoms with Gasteiger partial charge in [0.25, 0.3) is 0 Å². The largest absolute Gasteiger partial charge is 0.454 e. The number of halogens is 1. The Morgan fingerprint density at radius 2 is 1.84 bits per heavy atom. The van der Waals surface area contributed by atoms with Crippen LogP contribution in [0.25, 0.3) is 0 Å². The van der Waals surface area contributed by atoms with Crippen LogP contribution in [0.15, 0.2) is 59.6 Å². The van der Waals surface area contributed by atoms with Gasteiger partial charge in [-0.15, -0.1) is 0 Å². The van der Waals surface area contributed by atoms with Crippen molar-refractivity contribution in [2.24, 2.45) is 10.7 Å². The van der Waals surface area contributed by atoms with Crippen LogP contribution in [-0.2, 0) is 15.1 Å². The fourth-order valence-corrected chi connectivity index (χ4v) is 4.07. The molecule has 2 aliphatic rings. The van der Waals surface area contributed by atoms with E-state index in [-0.39, 0.29) is 12.1 Å². The minimum atomic E-state index is -0.811. The molecular weight excluding hydrogens is 336 g/mol. The van der Waals surface area contributed by atoms with Crippen LogP contribution in [0.1, 0.15) is 36.4 Å². The van der Waals surface area contributed by atoms with Crippen LogP contribution in [0, 0.1) is 0 Å². The summed E-state index contributed by atoms with van der Waals surface area (Å²) in [4.78, 5) is 17.3. The Balaban J connectivity index is 1.83. The van der Waals surface area contributed by atoms with E-state index in [1.807, 2.05) is 54.6 Å². The quantitative estimate of drug-likeness (QED) is 0.834. The maximum atomic E-state index is 12.5. The fourth-order valence-electron chi connectivity index (χ4n) is 3.77. The number of esters is 1. The van der Waals surface area contributed by atoms with Gasteiger partial charge >= 0.3 is 5.97 Å². The van der Waals surface area contributed by atoms with E-state index in [2.05, 4.69) is 0 Å². The Hall–Kier alpha value is -2.17. The zero-order valence-corrected chi connectivity index (χ0v) is 14.4. The number of hydrogen-bond donors (Lipinski definition) is 1. The molecule has 1 aliphatic carbocycles. The monoisotopic (exact) mass is 354 g/mol. The highest BCUT2D eigenvalue weighted by molar-refractivity contribution is 6.32. The van der Waals surface area contributed by atoms with Gasteiger partial charge in [-0.25, -0.2) is 4.79 Å². The lowest BCUT2D eigenvalue weighted by Gasteiger charge is -2.42. The third-order valence-electron chi connectivity index (χ3n) is 5.02. The second kappa shape index (κ2) is 6.28. The number of ether oxygens (including phenoxy) is 1. The average Bonchev–Trinajstić information content (AvgIpc) is 2.62. The van der Waals surface area contributed by atoms with Gasteiger partial charge in [0.2, 0.25) is 0 Å². The van der Waals surface area contributed by atoms with E-state index in [0.29, 0.717) is 5.02 Å². The van der Waals surface area contributed by atoms with Crippen LogP contribution in [0.2, 0.25) is 5.02 Å². The number of fused-ring (bicyclic) bond motifs is 1. The summed E-state index contributed by atoms with van der Waals surface area (Å²) in [7, 11) is 0. The van der Waals surface area contributed by atoms with E-state index in [1.54, 1.807) is 0 Å². The van der Waals surface area contributed by atoms with Gasteiger partial charge in [-0.3, -0.25) is 4.99 Å². The Labute approximate surface area is 151 Å². The average molecular weight is 355 g/mol. The second-order valence-electron chi connectivity index (χ2n) is 6.60. The van der Waals surface area contributed by atoms with Gasteiger partial charge in [0.05, 0.1) is 11.3 Å². The lowest BCUT2D eigenvalue weighted by molar-refractivity contribution is -0.150. The van der Waals surface area contributed by atoms with Gasteiger partial charge < -0.3 is 10.5 Å². The van der Waals surface area contributed by atoms with Crippen molar-refractivity contribution in [3.63, 3.8) is 0 Å². The zero-order valence-electron chi connectivity index (χ0n) is 13.7. The van der Waals surface area contributed by atoms with E-state index < -0.39 is 11.6 Å². The highest BCUT2D eigenvalue weighted by Gasteiger charge is 2.47. The molecule has 4 nitrogen and oxygen atoms in total. The van der Waals surface area contributed by atoms with Crippen LogP contribution in [0.4, 0.5) is 0 Å². The molecule has 1 heterocycles. The number of nitrogens with zero attached hydrogens (tertiary/aromatic N) is 1. The first-order chi connectivity index (χ1) is 12.1. The summed E-state index contributed by atoms with van der Waals surface area (Å²) in [6.45, 7) is 0. The van der Waals surface area contributed by atoms with Crippen molar-refractivity contribution in [3.05, 3.63) is 70.7 Å². The molecule has 5 heteroatoms. The Morgan fingerprint density at radius 1 is 1.12 bits per heavy atom. The standard InChI is InChI=1S/C20H19ClN2O2/c21-15-10-5-4-9-14(15)20(22)12-6-11-16-18(20)23-17(19(24)25-16)13-7-2-1-3-8-13/h1-5,7-10,16-17H,6,11-12,22H2/t16-,17?,20-/m1/s1. The summed E-state index contributed by atoms with van der Waals surface area (Å²) in [5.74, 6) is -0.316. The molecule has 1 unspecified atom stereocenters. The molecule has 25 heavy (non-hydrogen) atoms. The van der Waals surface area contributed by atoms with Crippen LogP contribution < -0.4 is 5.73 Å². The van der Waals surface area contributed by atoms with Crippen molar-refractivity contribution in [2.75, 3.05) is 0 Å². The molecule has 0 saturated heterocycles. The van der Waals surface area contributed by atoms with Crippen molar-refractivity contribution < 1.29 is 9.53 Å². The molecule has 2 N–H and O–H groups in total. The molecular formula is C20H19ClN2O2. The normalized spacial score (nSPS) is 28.7. The Morgan fingerprint density at radius 3 is 2.60 bits per heavy atom. The molecule has 0 aromatic heterocycles. The molecule has 2 aromatic rings. The van der Waals surface area contributed by atoms with E-state index in [1.165, 1.54) is 0 Å². The molecule has 1 saturated carbocycles. The molecule has 4 rings (SSSR count). The second-order valence-corrected chi connectivity index (χ2v) is 7.00. The van der Waals surface area contributed by atoms with Gasteiger partial charge in [-0.1, -0.05) is 60.1 Å². The lowest BCUT2D eigenvalue weighted by Crippen LogP contribution is -2.56. The van der Waals surface area contributed by atoms with Gasteiger partial charge in [0.1, 0.15) is 6.10 Å². The number of hydrogen-bond acceptors (Lipinski definition) is 4. The van der Waals surface area contributed by atoms with Crippen molar-refractivity contribution in [2.45, 2.75) is 36.9 Å². The summed E-state index contributed by atoms with van der Waals surface area (Å²) in [6, 6.07) is 16.3. The minimum absolute atomic E-state index is 0.316. The van der Waals surface area contributed by atoms with Gasteiger partial charge in [0.15, 0.2) is 6.04 Å². The van der Waals surface area contributed by atoms with Crippen LogP contribution in [-0.4, -0.2) is 17.8 Å². The molecule has 0 amide bonds. The van der Waals surface area contributed by atoms with Crippen LogP contribution >= 0.6 is 11.6 Å². The maximum Gasteiger partial charge on any atom is 0.336 e. The third-order valence-corrected chi connectivity index (χ3v) is 5.35. The molecule has 0 bridgehead atoms. The lowest BCUT2D eigenvalue weighted by atomic mass is 9.73. The highest BCUT2D eigenvalue weighted by Crippen LogP contribution is 2.41. The minimum Gasteiger partial charge on any atom is -0.454 e. The molecule has 2 aromatic carbocycles. The highest BCUT2D eigenvalue weighted by atomic mass is 35.5. The topological polar surface area (TPSA) is 64.7 Å². The van der Waals surface area contributed by atoms with Crippen molar-refractivity contribution >= 4 is 23.3 Å². The van der Waals surface area contributed by atoms with Crippen molar-refractivity contribution in [1.82, 2.24) is 0 Å². The SMILES string of the molecule is N[C@@]1(c2ccccc2Cl)CCC[C@H]2OC(=O)C(c3ccccc3)N=C21. The smallest absolute Gasteiger partial charge is 0.336 e. The van der Waals surface area contributed by atoms with Gasteiger partial charge in [-0.05, 0) is 36.5 Å². The molecule has 128 valence electrons. The van der Waals surface area contributed by atoms with E-state index in [0.717, 1.165) is 36.1 Å². The Kier molecular flexibility index (Phi) is 4.10. The maximum absolute atomic E-state index is 12.5. The number of benzene rings is 2. The number of aliphatic imine (C=N–C) groups is 1. The number of carbonyl (C=O) groups is 1. The first-order valence-corrected chi connectivity index (χ1v) is 8.85. The van der Waals surface area contributed by atoms with Gasteiger partial charge in [-0.2, -0.15) is 0 Å². The number of nitrogens with two attached hydrogens (primary N) is 1. The van der Waals surface area contributed by atoms with Crippen LogP contribution in [0.3, 0.4) is 0 Å². The van der Waals surface area contributed by atoms with E-state index >= 15 is 0 Å². The predicted octanol–water partition coefficient (Wildman–Crippen LogP) is 3.79. The molecule has 3 atom stereocenters. The predicted molar refractivity (Wildman–Crippen MR) is 97.7 cm³/mol. The summed E-state index contributed by atoms with van der Waals surface area (Å²) >= 11 is 6.42. The van der Waals surface area contributed by atoms with Gasteiger partial charge in [0, 0.05) is 5.02 Å². The molecule has 0 spiro atoms. The van der Waals surface area contributed by atoms with Crippen molar-refractivity contribution in [3.8, 4) is 0 Å². The van der Waals surface area contributed by atoms with Crippen LogP contribution in [0.5, 0.6) is 0 Å². The van der Waals surface area contributed by atoms with Crippen molar-refractivity contribution in [1.29, 1.82) is 0 Å². The van der Waals surface area contributed by atoms with E-state index in [9.17, 15) is 4.79 Å². The molecule has 1 aliphatic heterocycles. The number of carbonyl (C=O) groups excluding carboxylic acids is 1. The molecule has 1 fully saturated rings.